The van der Waals surface area contributed by atoms with Crippen molar-refractivity contribution in [1.82, 2.24) is 5.01 Å². The van der Waals surface area contributed by atoms with E-state index in [-0.39, 0.29) is 6.67 Å². The van der Waals surface area contributed by atoms with Crippen LogP contribution < -0.4 is 5.84 Å². The number of rotatable bonds is 1. The molecule has 0 aromatic rings. The Morgan fingerprint density at radius 3 is 2.44 bits per heavy atom. The molecule has 9 heavy (non-hydrogen) atoms. The van der Waals surface area contributed by atoms with Crippen LogP contribution in [0.2, 0.25) is 0 Å². The van der Waals surface area contributed by atoms with Crippen molar-refractivity contribution >= 4 is 0 Å². The molecular weight excluding hydrogens is 119 g/mol. The molecule has 0 aromatic heterocycles. The molecular formula is C6H11FN2. The van der Waals surface area contributed by atoms with Gasteiger partial charge in [-0.1, -0.05) is 0 Å². The average Bonchev–Trinajstić information content (AvgIpc) is 2.30. The van der Waals surface area contributed by atoms with Crippen LogP contribution in [0.25, 0.3) is 0 Å². The van der Waals surface area contributed by atoms with Gasteiger partial charge in [0.15, 0.2) is 0 Å². The molecule has 1 saturated carbocycles. The zero-order valence-corrected chi connectivity index (χ0v) is 5.26. The number of hydrogen-bond donors (Lipinski definition) is 1. The molecule has 1 heterocycles. The molecule has 3 heteroatoms. The summed E-state index contributed by atoms with van der Waals surface area (Å²) >= 11 is 0. The van der Waals surface area contributed by atoms with Gasteiger partial charge in [-0.05, 0) is 17.8 Å². The number of hydrogen-bond acceptors (Lipinski definition) is 2. The third kappa shape index (κ3) is 0.682. The molecule has 52 valence electrons. The predicted molar refractivity (Wildman–Crippen MR) is 32.2 cm³/mol. The summed E-state index contributed by atoms with van der Waals surface area (Å²) in [4.78, 5) is 0. The lowest BCUT2D eigenvalue weighted by atomic mass is 10.3. The summed E-state index contributed by atoms with van der Waals surface area (Å²) in [6.07, 6.45) is 0. The number of piperidine rings is 1. The number of fused-ring (bicyclic) bond motifs is 1. The van der Waals surface area contributed by atoms with Crippen LogP contribution in [0.3, 0.4) is 0 Å². The van der Waals surface area contributed by atoms with Crippen molar-refractivity contribution in [2.75, 3.05) is 19.8 Å². The topological polar surface area (TPSA) is 29.3 Å². The second-order valence-corrected chi connectivity index (χ2v) is 3.10. The maximum atomic E-state index is 12.0. The number of nitrogens with two attached hydrogens (primary N) is 1. The minimum atomic E-state index is -0.136. The lowest BCUT2D eigenvalue weighted by Crippen LogP contribution is -2.31. The molecule has 2 fully saturated rings. The van der Waals surface area contributed by atoms with Crippen molar-refractivity contribution in [2.24, 2.45) is 23.6 Å². The lowest BCUT2D eigenvalue weighted by Gasteiger charge is -2.10. The summed E-state index contributed by atoms with van der Waals surface area (Å²) in [7, 11) is 0. The van der Waals surface area contributed by atoms with E-state index >= 15 is 0 Å². The van der Waals surface area contributed by atoms with Crippen LogP contribution >= 0.6 is 0 Å². The molecule has 1 aliphatic carbocycles. The van der Waals surface area contributed by atoms with E-state index in [0.29, 0.717) is 17.8 Å². The van der Waals surface area contributed by atoms with Crippen molar-refractivity contribution < 1.29 is 4.39 Å². The summed E-state index contributed by atoms with van der Waals surface area (Å²) in [5, 5.41) is 1.79. The Labute approximate surface area is 53.8 Å². The van der Waals surface area contributed by atoms with Gasteiger partial charge in [-0.3, -0.25) is 10.2 Å². The molecule has 0 aromatic carbocycles. The van der Waals surface area contributed by atoms with E-state index < -0.39 is 0 Å². The van der Waals surface area contributed by atoms with E-state index in [2.05, 4.69) is 0 Å². The maximum Gasteiger partial charge on any atom is 0.0929 e. The fourth-order valence-electron chi connectivity index (χ4n) is 1.91. The first-order valence-electron chi connectivity index (χ1n) is 3.38. The predicted octanol–water partition coefficient (Wildman–Crippen LogP) is 0.00740. The van der Waals surface area contributed by atoms with Crippen LogP contribution in [0, 0.1) is 17.8 Å². The van der Waals surface area contributed by atoms with Crippen molar-refractivity contribution in [3.8, 4) is 0 Å². The molecule has 3 atom stereocenters. The van der Waals surface area contributed by atoms with E-state index in [4.69, 9.17) is 5.84 Å². The summed E-state index contributed by atoms with van der Waals surface area (Å²) in [6.45, 7) is 1.70. The van der Waals surface area contributed by atoms with Crippen LogP contribution in [0.4, 0.5) is 4.39 Å². The minimum absolute atomic E-state index is 0.136. The van der Waals surface area contributed by atoms with E-state index in [0.717, 1.165) is 13.1 Å². The van der Waals surface area contributed by atoms with Gasteiger partial charge in [-0.15, -0.1) is 0 Å². The quantitative estimate of drug-likeness (QED) is 0.506. The first-order chi connectivity index (χ1) is 4.33. The molecule has 0 bridgehead atoms. The fraction of sp³-hybridized carbons (Fsp3) is 1.00. The highest BCUT2D eigenvalue weighted by Crippen LogP contribution is 2.50. The number of alkyl halides is 1. The smallest absolute Gasteiger partial charge is 0.0929 e. The van der Waals surface area contributed by atoms with E-state index in [9.17, 15) is 4.39 Å². The monoisotopic (exact) mass is 130 g/mol. The molecule has 0 radical (unpaired) electrons. The van der Waals surface area contributed by atoms with Gasteiger partial charge in [0, 0.05) is 13.1 Å². The molecule has 2 rings (SSSR count). The molecule has 1 aliphatic heterocycles. The Morgan fingerprint density at radius 1 is 1.44 bits per heavy atom. The zero-order valence-electron chi connectivity index (χ0n) is 5.26. The first-order valence-corrected chi connectivity index (χ1v) is 3.38. The van der Waals surface area contributed by atoms with Gasteiger partial charge >= 0.3 is 0 Å². The van der Waals surface area contributed by atoms with Gasteiger partial charge in [0.05, 0.1) is 6.67 Å². The van der Waals surface area contributed by atoms with Crippen molar-refractivity contribution in [2.45, 2.75) is 0 Å². The Hall–Kier alpha value is -0.150. The van der Waals surface area contributed by atoms with E-state index in [1.54, 1.807) is 5.01 Å². The highest BCUT2D eigenvalue weighted by molar-refractivity contribution is 5.03. The Morgan fingerprint density at radius 2 is 2.00 bits per heavy atom. The third-order valence-corrected chi connectivity index (χ3v) is 2.58. The van der Waals surface area contributed by atoms with E-state index in [1.807, 2.05) is 0 Å². The second-order valence-electron chi connectivity index (χ2n) is 3.10. The molecule has 2 aliphatic rings. The number of halogens is 1. The molecule has 2 nitrogen and oxygen atoms in total. The van der Waals surface area contributed by atoms with Crippen LogP contribution in [-0.2, 0) is 0 Å². The largest absolute Gasteiger partial charge is 0.269 e. The Bertz CT molecular complexity index is 116. The first kappa shape index (κ1) is 5.62. The lowest BCUT2D eigenvalue weighted by molar-refractivity contribution is 0.277. The van der Waals surface area contributed by atoms with Gasteiger partial charge in [0.25, 0.3) is 0 Å². The van der Waals surface area contributed by atoms with Gasteiger partial charge in [0.1, 0.15) is 0 Å². The third-order valence-electron chi connectivity index (χ3n) is 2.58. The normalized spacial score (nSPS) is 49.3. The Balaban J connectivity index is 1.91. The zero-order chi connectivity index (χ0) is 6.43. The molecule has 2 N–H and O–H groups in total. The van der Waals surface area contributed by atoms with Gasteiger partial charge in [0.2, 0.25) is 0 Å². The van der Waals surface area contributed by atoms with Gasteiger partial charge in [-0.2, -0.15) is 0 Å². The molecule has 1 unspecified atom stereocenters. The highest BCUT2D eigenvalue weighted by atomic mass is 19.1. The van der Waals surface area contributed by atoms with Crippen LogP contribution in [-0.4, -0.2) is 24.8 Å². The average molecular weight is 130 g/mol. The number of hydrazine groups is 1. The summed E-state index contributed by atoms with van der Waals surface area (Å²) in [5.74, 6) is 7.04. The summed E-state index contributed by atoms with van der Waals surface area (Å²) < 4.78 is 12.0. The summed E-state index contributed by atoms with van der Waals surface area (Å²) in [6, 6.07) is 0. The second kappa shape index (κ2) is 1.67. The number of nitrogens with zero attached hydrogens (tertiary/aromatic N) is 1. The Kier molecular flexibility index (Phi) is 1.04. The SMILES string of the molecule is NN1C[C@@H]2C(CF)[C@@H]2C1. The maximum absolute atomic E-state index is 12.0. The fourth-order valence-corrected chi connectivity index (χ4v) is 1.91. The highest BCUT2D eigenvalue weighted by Gasteiger charge is 2.54. The standard InChI is InChI=1S/C6H11FN2/c7-1-4-5-2-9(8)3-6(4)5/h4-6H,1-3,8H2/t4?,5-,6+. The van der Waals surface area contributed by atoms with Crippen molar-refractivity contribution in [1.29, 1.82) is 0 Å². The van der Waals surface area contributed by atoms with Crippen LogP contribution in [0.1, 0.15) is 0 Å². The van der Waals surface area contributed by atoms with Crippen molar-refractivity contribution in [3.05, 3.63) is 0 Å². The van der Waals surface area contributed by atoms with Crippen LogP contribution in [0.5, 0.6) is 0 Å². The van der Waals surface area contributed by atoms with E-state index in [1.165, 1.54) is 0 Å². The summed E-state index contributed by atoms with van der Waals surface area (Å²) in [5.41, 5.74) is 0. The van der Waals surface area contributed by atoms with Gasteiger partial charge < -0.3 is 0 Å². The van der Waals surface area contributed by atoms with Gasteiger partial charge in [-0.25, -0.2) is 5.01 Å². The minimum Gasteiger partial charge on any atom is -0.269 e. The molecule has 0 amide bonds. The van der Waals surface area contributed by atoms with Crippen molar-refractivity contribution in [3.63, 3.8) is 0 Å². The molecule has 0 spiro atoms. The molecule has 1 saturated heterocycles. The van der Waals surface area contributed by atoms with Crippen LogP contribution in [0.15, 0.2) is 0 Å².